The van der Waals surface area contributed by atoms with Gasteiger partial charge in [-0.2, -0.15) is 0 Å². The summed E-state index contributed by atoms with van der Waals surface area (Å²) in [7, 11) is 0. The Labute approximate surface area is 86.3 Å². The van der Waals surface area contributed by atoms with Crippen molar-refractivity contribution in [2.24, 2.45) is 0 Å². The number of hydrogen-bond donors (Lipinski definition) is 0. The van der Waals surface area contributed by atoms with Crippen LogP contribution in [0.15, 0.2) is 0 Å². The van der Waals surface area contributed by atoms with Gasteiger partial charge in [0.1, 0.15) is 0 Å². The molecule has 9 heavy (non-hydrogen) atoms. The first kappa shape index (κ1) is 467. The first-order valence-electron chi connectivity index (χ1n) is 0. The van der Waals surface area contributed by atoms with E-state index in [1.165, 1.54) is 0 Å². The van der Waals surface area contributed by atoms with Gasteiger partial charge in [-0.3, -0.25) is 0 Å². The number of rotatable bonds is 0. The van der Waals surface area contributed by atoms with Crippen molar-refractivity contribution < 1.29 is 64.5 Å². The van der Waals surface area contributed by atoms with E-state index in [4.69, 9.17) is 0 Å². The first-order chi connectivity index (χ1) is 0. The Hall–Kier alpha value is 1.40. The molecule has 0 heterocycles. The predicted molar refractivity (Wildman–Crippen MR) is 14.9 cm³/mol. The predicted octanol–water partition coefficient (Wildman–Crippen LogP) is -1.36. The average Bonchev–Trinajstić information content (AvgIpc) is 0. The molecule has 0 spiro atoms. The van der Waals surface area contributed by atoms with Gasteiger partial charge in [0.15, 0.2) is 0 Å². The fourth-order valence-corrected chi connectivity index (χ4v) is 0. The summed E-state index contributed by atoms with van der Waals surface area (Å²) in [6.45, 7) is 0. The molecule has 0 aromatic carbocycles. The van der Waals surface area contributed by atoms with Crippen LogP contribution in [0.5, 0.6) is 0 Å². The largest absolute Gasteiger partial charge is 5.00 e. The van der Waals surface area contributed by atoms with Gasteiger partial charge >= 0.3 is 37.1 Å². The van der Waals surface area contributed by atoms with Crippen LogP contribution in [0.1, 0.15) is 0 Å². The summed E-state index contributed by atoms with van der Waals surface area (Å²) < 4.78 is 0. The van der Waals surface area contributed by atoms with Gasteiger partial charge in [-0.05, 0) is 0 Å². The SMILES string of the molecule is [O-2].[O-2].[O-2].[O-2].[O-2].[Si].[Si].[V+5].[V+5]. The second kappa shape index (κ2) is 337. The Balaban J connectivity index is 0. The van der Waals surface area contributed by atoms with Crippen molar-refractivity contribution >= 4 is 21.9 Å². The molecule has 0 fully saturated rings. The van der Waals surface area contributed by atoms with Crippen molar-refractivity contribution in [1.82, 2.24) is 0 Å². The summed E-state index contributed by atoms with van der Waals surface area (Å²) in [5.41, 5.74) is 0. The van der Waals surface area contributed by atoms with E-state index in [9.17, 15) is 0 Å². The van der Waals surface area contributed by atoms with E-state index < -0.39 is 0 Å². The molecule has 9 heteroatoms. The van der Waals surface area contributed by atoms with Crippen LogP contribution in [-0.4, -0.2) is 21.9 Å². The van der Waals surface area contributed by atoms with Crippen molar-refractivity contribution in [2.45, 2.75) is 0 Å². The van der Waals surface area contributed by atoms with Crippen LogP contribution >= 0.6 is 0 Å². The molecule has 0 aromatic heterocycles. The van der Waals surface area contributed by atoms with Crippen LogP contribution in [0.4, 0.5) is 0 Å². The molecule has 0 rings (SSSR count). The van der Waals surface area contributed by atoms with Gasteiger partial charge in [-0.25, -0.2) is 0 Å². The standard InChI is InChI=1S/5O.2Si.2V/q5*-2;;;2*+5. The Kier molecular flexibility index (Phi) is 17500. The van der Waals surface area contributed by atoms with Crippen LogP contribution < -0.4 is 0 Å². The number of hydrogen-bond acceptors (Lipinski definition) is 0. The molecule has 0 amide bonds. The molecule has 0 aromatic rings. The van der Waals surface area contributed by atoms with Gasteiger partial charge < -0.3 is 27.4 Å². The zero-order chi connectivity index (χ0) is 0. The Morgan fingerprint density at radius 1 is 0.333 bits per heavy atom. The fourth-order valence-electron chi connectivity index (χ4n) is 0. The Morgan fingerprint density at radius 3 is 0.333 bits per heavy atom. The summed E-state index contributed by atoms with van der Waals surface area (Å²) in [5, 5.41) is 0. The van der Waals surface area contributed by atoms with Gasteiger partial charge in [0.05, 0.1) is 0 Å². The van der Waals surface area contributed by atoms with E-state index in [1.807, 2.05) is 0 Å². The zero-order valence-corrected chi connectivity index (χ0v) is 8.73. The Morgan fingerprint density at radius 2 is 0.333 bits per heavy atom. The molecule has 0 aliphatic rings. The second-order valence-corrected chi connectivity index (χ2v) is 0. The maximum Gasteiger partial charge on any atom is 5.00 e. The normalized spacial score (nSPS) is 0. The smallest absolute Gasteiger partial charge is 2.00 e. The quantitative estimate of drug-likeness (QED) is 0.459. The van der Waals surface area contributed by atoms with Crippen LogP contribution in [0.25, 0.3) is 0 Å². The fraction of sp³-hybridized carbons (Fsp3) is 0. The summed E-state index contributed by atoms with van der Waals surface area (Å²) in [4.78, 5) is 0. The molecular formula is O5Si2V2. The minimum Gasteiger partial charge on any atom is -2.00 e. The molecule has 0 saturated carbocycles. The van der Waals surface area contributed by atoms with E-state index in [2.05, 4.69) is 0 Å². The third-order valence-corrected chi connectivity index (χ3v) is 0. The van der Waals surface area contributed by atoms with Crippen LogP contribution in [0, 0.1) is 0 Å². The van der Waals surface area contributed by atoms with Crippen molar-refractivity contribution in [1.29, 1.82) is 0 Å². The molecule has 5 nitrogen and oxygen atoms in total. The summed E-state index contributed by atoms with van der Waals surface area (Å²) in [6.07, 6.45) is 0. The maximum absolute atomic E-state index is 0. The van der Waals surface area contributed by atoms with Gasteiger partial charge in [-0.15, -0.1) is 0 Å². The Bertz CT molecular complexity index is 12.9. The third kappa shape index (κ3) is 262. The van der Waals surface area contributed by atoms with Crippen LogP contribution in [0.3, 0.4) is 0 Å². The third-order valence-electron chi connectivity index (χ3n) is 0. The summed E-state index contributed by atoms with van der Waals surface area (Å²) in [6, 6.07) is 0. The van der Waals surface area contributed by atoms with Crippen molar-refractivity contribution in [3.8, 4) is 0 Å². The first-order valence-corrected chi connectivity index (χ1v) is 0. The van der Waals surface area contributed by atoms with E-state index in [0.717, 1.165) is 0 Å². The molecule has 48 valence electrons. The average molecular weight is 238 g/mol. The topological polar surface area (TPSA) is 142 Å². The molecule has 0 aliphatic heterocycles. The maximum atomic E-state index is 0. The van der Waals surface area contributed by atoms with E-state index in [0.29, 0.717) is 0 Å². The van der Waals surface area contributed by atoms with Gasteiger partial charge in [0.2, 0.25) is 0 Å². The molecule has 0 saturated heterocycles. The summed E-state index contributed by atoms with van der Waals surface area (Å²) >= 11 is 0. The molecule has 0 unspecified atom stereocenters. The molecule has 0 aliphatic carbocycles. The molecule has 8 radical (unpaired) electrons. The van der Waals surface area contributed by atoms with Crippen molar-refractivity contribution in [3.63, 3.8) is 0 Å². The minimum atomic E-state index is 0. The second-order valence-electron chi connectivity index (χ2n) is 0. The summed E-state index contributed by atoms with van der Waals surface area (Å²) in [5.74, 6) is 0. The van der Waals surface area contributed by atoms with Gasteiger partial charge in [-0.1, -0.05) is 0 Å². The van der Waals surface area contributed by atoms with Crippen LogP contribution in [-0.2, 0) is 64.5 Å². The van der Waals surface area contributed by atoms with Crippen LogP contribution in [0.2, 0.25) is 0 Å². The minimum absolute atomic E-state index is 0. The molecule has 0 N–H and O–H groups in total. The monoisotopic (exact) mass is 238 g/mol. The van der Waals surface area contributed by atoms with Gasteiger partial charge in [0.25, 0.3) is 0 Å². The van der Waals surface area contributed by atoms with Crippen molar-refractivity contribution in [2.75, 3.05) is 0 Å². The van der Waals surface area contributed by atoms with Gasteiger partial charge in [0, 0.05) is 21.9 Å². The van der Waals surface area contributed by atoms with E-state index in [1.54, 1.807) is 0 Å². The van der Waals surface area contributed by atoms with Crippen molar-refractivity contribution in [3.05, 3.63) is 0 Å². The van der Waals surface area contributed by atoms with E-state index >= 15 is 0 Å². The van der Waals surface area contributed by atoms with E-state index in [-0.39, 0.29) is 86.4 Å². The molecular weight excluding hydrogens is 238 g/mol. The molecule has 0 bridgehead atoms. The molecule has 0 atom stereocenters. The zero-order valence-electron chi connectivity index (χ0n) is 3.94.